The summed E-state index contributed by atoms with van der Waals surface area (Å²) in [6, 6.07) is 13.3. The zero-order valence-electron chi connectivity index (χ0n) is 18.6. The molecule has 8 heteroatoms. The fourth-order valence-electron chi connectivity index (χ4n) is 3.80. The lowest BCUT2D eigenvalue weighted by molar-refractivity contribution is -0.136. The predicted octanol–water partition coefficient (Wildman–Crippen LogP) is 2.90. The highest BCUT2D eigenvalue weighted by molar-refractivity contribution is 7.07. The number of carbonyl (C=O) groups excluding carboxylic acids is 1. The van der Waals surface area contributed by atoms with Gasteiger partial charge in [0.25, 0.3) is 5.56 Å². The number of allylic oxidation sites excluding steroid dienone is 1. The van der Waals surface area contributed by atoms with E-state index < -0.39 is 12.0 Å². The van der Waals surface area contributed by atoms with E-state index in [9.17, 15) is 14.7 Å². The molecule has 1 N–H and O–H groups in total. The van der Waals surface area contributed by atoms with Crippen LogP contribution in [0.2, 0.25) is 0 Å². The van der Waals surface area contributed by atoms with Crippen molar-refractivity contribution in [1.82, 2.24) is 4.57 Å². The first-order valence-corrected chi connectivity index (χ1v) is 11.4. The number of fused-ring (bicyclic) bond motifs is 1. The lowest BCUT2D eigenvalue weighted by Crippen LogP contribution is -2.40. The number of hydrogen-bond donors (Lipinski definition) is 1. The van der Waals surface area contributed by atoms with E-state index >= 15 is 0 Å². The summed E-state index contributed by atoms with van der Waals surface area (Å²) in [5, 5.41) is 9.78. The number of aromatic hydroxyl groups is 1. The molecule has 2 aromatic carbocycles. The molecule has 0 aliphatic carbocycles. The van der Waals surface area contributed by atoms with Gasteiger partial charge in [-0.25, -0.2) is 9.79 Å². The van der Waals surface area contributed by atoms with Gasteiger partial charge in [-0.15, -0.1) is 0 Å². The van der Waals surface area contributed by atoms with Crippen LogP contribution >= 0.6 is 11.3 Å². The summed E-state index contributed by atoms with van der Waals surface area (Å²) in [4.78, 5) is 31.4. The zero-order chi connectivity index (χ0) is 23.5. The van der Waals surface area contributed by atoms with Crippen LogP contribution in [0, 0.1) is 0 Å². The van der Waals surface area contributed by atoms with E-state index in [1.54, 1.807) is 37.3 Å². The second kappa shape index (κ2) is 9.46. The summed E-state index contributed by atoms with van der Waals surface area (Å²) in [5.74, 6) is 0.164. The molecule has 1 aromatic heterocycles. The van der Waals surface area contributed by atoms with Crippen molar-refractivity contribution in [3.63, 3.8) is 0 Å². The Balaban J connectivity index is 1.98. The Labute approximate surface area is 194 Å². The van der Waals surface area contributed by atoms with Gasteiger partial charge < -0.3 is 14.6 Å². The molecule has 3 aromatic rings. The molecule has 0 saturated heterocycles. The third-order valence-electron chi connectivity index (χ3n) is 5.27. The minimum atomic E-state index is -0.743. The van der Waals surface area contributed by atoms with Crippen LogP contribution in [-0.2, 0) is 9.53 Å². The first-order valence-electron chi connectivity index (χ1n) is 10.6. The molecule has 0 bridgehead atoms. The third-order valence-corrected chi connectivity index (χ3v) is 6.25. The number of para-hydroxylation sites is 1. The van der Waals surface area contributed by atoms with E-state index in [2.05, 4.69) is 4.99 Å². The van der Waals surface area contributed by atoms with Gasteiger partial charge in [-0.2, -0.15) is 0 Å². The highest BCUT2D eigenvalue weighted by atomic mass is 32.1. The Hall–Kier alpha value is -3.65. The number of hydrogen-bond acceptors (Lipinski definition) is 7. The molecule has 1 aliphatic heterocycles. The summed E-state index contributed by atoms with van der Waals surface area (Å²) >= 11 is 1.23. The number of aromatic nitrogens is 1. The van der Waals surface area contributed by atoms with Gasteiger partial charge in [0.15, 0.2) is 4.80 Å². The van der Waals surface area contributed by atoms with Gasteiger partial charge in [-0.05, 0) is 43.2 Å². The molecule has 2 heterocycles. The Bertz CT molecular complexity index is 1420. The van der Waals surface area contributed by atoms with Crippen LogP contribution in [0.3, 0.4) is 0 Å². The molecular weight excluding hydrogens is 440 g/mol. The van der Waals surface area contributed by atoms with Crippen molar-refractivity contribution in [3.05, 3.63) is 90.6 Å². The second-order valence-corrected chi connectivity index (χ2v) is 8.56. The topological polar surface area (TPSA) is 90.1 Å². The molecule has 1 atom stereocenters. The molecule has 1 aliphatic rings. The molecular formula is C25H24N2O5S. The van der Waals surface area contributed by atoms with Gasteiger partial charge >= 0.3 is 5.97 Å². The van der Waals surface area contributed by atoms with Crippen LogP contribution in [0.25, 0.3) is 6.08 Å². The van der Waals surface area contributed by atoms with E-state index in [1.165, 1.54) is 23.0 Å². The minimum Gasteiger partial charge on any atom is -0.508 e. The number of nitrogens with zero attached hydrogens (tertiary/aromatic N) is 2. The number of thiazole rings is 1. The van der Waals surface area contributed by atoms with Gasteiger partial charge in [0.2, 0.25) is 0 Å². The Morgan fingerprint density at radius 2 is 2.03 bits per heavy atom. The molecule has 0 fully saturated rings. The van der Waals surface area contributed by atoms with E-state index in [1.807, 2.05) is 31.2 Å². The van der Waals surface area contributed by atoms with Crippen LogP contribution in [0.4, 0.5) is 0 Å². The van der Waals surface area contributed by atoms with Gasteiger partial charge in [-0.1, -0.05) is 48.6 Å². The summed E-state index contributed by atoms with van der Waals surface area (Å²) in [7, 11) is 1.31. The number of phenols is 1. The quantitative estimate of drug-likeness (QED) is 0.567. The normalized spacial score (nSPS) is 15.7. The molecule has 0 unspecified atom stereocenters. The van der Waals surface area contributed by atoms with E-state index in [4.69, 9.17) is 9.47 Å². The number of carbonyl (C=O) groups is 1. The molecule has 0 spiro atoms. The standard InChI is InChI=1S/C25H24N2O5S/c1-4-12-32-19-11-6-5-10-18(19)22-21(24(30)31-3)15(2)26-25-27(22)23(29)20(33-25)14-16-8-7-9-17(28)13-16/h5-11,13-14,22,28H,4,12H2,1-3H3/b20-14+/t22-/m0/s1. The molecule has 170 valence electrons. The van der Waals surface area contributed by atoms with E-state index in [0.717, 1.165) is 6.42 Å². The van der Waals surface area contributed by atoms with Gasteiger partial charge in [0.1, 0.15) is 17.5 Å². The van der Waals surface area contributed by atoms with Crippen LogP contribution in [0.15, 0.2) is 69.6 Å². The smallest absolute Gasteiger partial charge is 0.338 e. The molecule has 0 saturated carbocycles. The number of rotatable bonds is 6. The van der Waals surface area contributed by atoms with Crippen molar-refractivity contribution in [2.75, 3.05) is 13.7 Å². The van der Waals surface area contributed by atoms with Crippen molar-refractivity contribution in [2.45, 2.75) is 26.3 Å². The monoisotopic (exact) mass is 464 g/mol. The van der Waals surface area contributed by atoms with Crippen LogP contribution in [0.5, 0.6) is 11.5 Å². The van der Waals surface area contributed by atoms with Gasteiger partial charge in [0, 0.05) is 5.56 Å². The fourth-order valence-corrected chi connectivity index (χ4v) is 4.85. The highest BCUT2D eigenvalue weighted by Crippen LogP contribution is 2.35. The summed E-state index contributed by atoms with van der Waals surface area (Å²) < 4.78 is 13.0. The average molecular weight is 465 g/mol. The average Bonchev–Trinajstić information content (AvgIpc) is 3.11. The summed E-state index contributed by atoms with van der Waals surface area (Å²) in [6.45, 7) is 4.25. The Morgan fingerprint density at radius 1 is 1.24 bits per heavy atom. The predicted molar refractivity (Wildman–Crippen MR) is 126 cm³/mol. The minimum absolute atomic E-state index is 0.111. The maximum atomic E-state index is 13.6. The maximum absolute atomic E-state index is 13.6. The van der Waals surface area contributed by atoms with Crippen LogP contribution < -0.4 is 19.6 Å². The van der Waals surface area contributed by atoms with E-state index in [0.29, 0.717) is 44.1 Å². The van der Waals surface area contributed by atoms with Crippen molar-refractivity contribution in [1.29, 1.82) is 0 Å². The SMILES string of the molecule is CCCOc1ccccc1[C@H]1C(C(=O)OC)=C(C)N=c2s/c(=C/c3cccc(O)c3)c(=O)n21. The van der Waals surface area contributed by atoms with Crippen molar-refractivity contribution in [2.24, 2.45) is 4.99 Å². The second-order valence-electron chi connectivity index (χ2n) is 7.55. The van der Waals surface area contributed by atoms with Crippen molar-refractivity contribution in [3.8, 4) is 11.5 Å². The Morgan fingerprint density at radius 3 is 2.76 bits per heavy atom. The largest absolute Gasteiger partial charge is 0.508 e. The molecule has 7 nitrogen and oxygen atoms in total. The lowest BCUT2D eigenvalue weighted by atomic mass is 9.95. The summed E-state index contributed by atoms with van der Waals surface area (Å²) in [6.07, 6.45) is 2.52. The Kier molecular flexibility index (Phi) is 6.46. The zero-order valence-corrected chi connectivity index (χ0v) is 19.4. The first-order chi connectivity index (χ1) is 15.9. The molecule has 0 amide bonds. The van der Waals surface area contributed by atoms with Crippen LogP contribution in [-0.4, -0.2) is 29.4 Å². The molecule has 4 rings (SSSR count). The number of esters is 1. The summed E-state index contributed by atoms with van der Waals surface area (Å²) in [5.41, 5.74) is 1.87. The van der Waals surface area contributed by atoms with Gasteiger partial charge in [-0.3, -0.25) is 9.36 Å². The number of phenolic OH excluding ortho intramolecular Hbond substituents is 1. The maximum Gasteiger partial charge on any atom is 0.338 e. The number of methoxy groups -OCH3 is 1. The number of benzene rings is 2. The van der Waals surface area contributed by atoms with Gasteiger partial charge in [0.05, 0.1) is 29.5 Å². The van der Waals surface area contributed by atoms with E-state index in [-0.39, 0.29) is 11.3 Å². The highest BCUT2D eigenvalue weighted by Gasteiger charge is 2.34. The number of ether oxygens (including phenoxy) is 2. The first kappa shape index (κ1) is 22.5. The van der Waals surface area contributed by atoms with Crippen LogP contribution in [0.1, 0.15) is 37.4 Å². The lowest BCUT2D eigenvalue weighted by Gasteiger charge is -2.26. The fraction of sp³-hybridized carbons (Fsp3) is 0.240. The van der Waals surface area contributed by atoms with Crippen molar-refractivity contribution >= 4 is 23.4 Å². The molecule has 0 radical (unpaired) electrons. The third kappa shape index (κ3) is 4.34. The molecule has 33 heavy (non-hydrogen) atoms. The van der Waals surface area contributed by atoms with Crippen molar-refractivity contribution < 1.29 is 19.4 Å².